The van der Waals surface area contributed by atoms with E-state index in [-0.39, 0.29) is 18.9 Å². The number of rotatable bonds is 1. The summed E-state index contributed by atoms with van der Waals surface area (Å²) in [7, 11) is 0. The Morgan fingerprint density at radius 2 is 2.30 bits per heavy atom. The van der Waals surface area contributed by atoms with Crippen LogP contribution in [0.5, 0.6) is 0 Å². The predicted molar refractivity (Wildman–Crippen MR) is 38.9 cm³/mol. The molecule has 10 heavy (non-hydrogen) atoms. The average Bonchev–Trinajstić information content (AvgIpc) is 1.91. The van der Waals surface area contributed by atoms with Crippen LogP contribution in [0, 0.1) is 6.58 Å². The van der Waals surface area contributed by atoms with Gasteiger partial charge in [0.15, 0.2) is 0 Å². The van der Waals surface area contributed by atoms with Crippen molar-refractivity contribution >= 4 is 0 Å². The Labute approximate surface area is 74.9 Å². The second-order valence-electron chi connectivity index (χ2n) is 2.34. The minimum absolute atomic E-state index is 0. The minimum Gasteiger partial charge on any atom is -0.335 e. The Kier molecular flexibility index (Phi) is 5.55. The van der Waals surface area contributed by atoms with Gasteiger partial charge in [-0.2, -0.15) is 6.08 Å². The standard InChI is InChI=1S/C9H11.Li/c1-2-6-9-7-4-3-5-8-9;/h1,6-7H,3-5,8H2;/q-1;+1. The van der Waals surface area contributed by atoms with Crippen molar-refractivity contribution in [2.24, 2.45) is 0 Å². The van der Waals surface area contributed by atoms with Gasteiger partial charge in [-0.1, -0.05) is 12.5 Å². The first-order chi connectivity index (χ1) is 4.43. The van der Waals surface area contributed by atoms with E-state index in [4.69, 9.17) is 6.58 Å². The molecule has 1 aliphatic carbocycles. The van der Waals surface area contributed by atoms with Crippen LogP contribution in [-0.2, 0) is 0 Å². The van der Waals surface area contributed by atoms with Crippen LogP contribution in [0.25, 0.3) is 0 Å². The maximum Gasteiger partial charge on any atom is 1.00 e. The second-order valence-corrected chi connectivity index (χ2v) is 2.34. The first kappa shape index (κ1) is 9.86. The minimum atomic E-state index is 0. The van der Waals surface area contributed by atoms with Gasteiger partial charge in [-0.05, 0) is 19.3 Å². The first-order valence-corrected chi connectivity index (χ1v) is 3.42. The zero-order chi connectivity index (χ0) is 6.53. The maximum atomic E-state index is 5.11. The molecule has 0 bridgehead atoms. The summed E-state index contributed by atoms with van der Waals surface area (Å²) in [4.78, 5) is 0. The van der Waals surface area contributed by atoms with Gasteiger partial charge in [-0.3, -0.25) is 0 Å². The molecule has 0 unspecified atom stereocenters. The van der Waals surface area contributed by atoms with Crippen LogP contribution in [0.3, 0.4) is 0 Å². The van der Waals surface area contributed by atoms with Gasteiger partial charge in [0.1, 0.15) is 0 Å². The molecular formula is C9H11Li. The van der Waals surface area contributed by atoms with Crippen LogP contribution >= 0.6 is 0 Å². The molecule has 0 aromatic carbocycles. The van der Waals surface area contributed by atoms with Crippen molar-refractivity contribution in [3.63, 3.8) is 0 Å². The Morgan fingerprint density at radius 1 is 1.50 bits per heavy atom. The van der Waals surface area contributed by atoms with E-state index >= 15 is 0 Å². The molecule has 0 nitrogen and oxygen atoms in total. The van der Waals surface area contributed by atoms with E-state index in [1.54, 1.807) is 0 Å². The van der Waals surface area contributed by atoms with E-state index < -0.39 is 0 Å². The van der Waals surface area contributed by atoms with Crippen molar-refractivity contribution in [3.05, 3.63) is 30.0 Å². The molecule has 1 rings (SSSR count). The normalized spacial score (nSPS) is 16.2. The third-order valence-electron chi connectivity index (χ3n) is 1.59. The van der Waals surface area contributed by atoms with Gasteiger partial charge < -0.3 is 5.73 Å². The van der Waals surface area contributed by atoms with Gasteiger partial charge in [0, 0.05) is 0 Å². The molecule has 0 N–H and O–H groups in total. The molecule has 0 atom stereocenters. The Balaban J connectivity index is 0.000000810. The molecule has 0 heterocycles. The number of hydrogen-bond acceptors (Lipinski definition) is 0. The van der Waals surface area contributed by atoms with E-state index in [9.17, 15) is 0 Å². The summed E-state index contributed by atoms with van der Waals surface area (Å²) in [5, 5.41) is 0. The molecule has 1 heteroatoms. The van der Waals surface area contributed by atoms with Gasteiger partial charge in [-0.15, -0.1) is 5.57 Å². The summed E-state index contributed by atoms with van der Waals surface area (Å²) in [6.45, 7) is 5.11. The Bertz CT molecular complexity index is 162. The molecule has 0 radical (unpaired) electrons. The van der Waals surface area contributed by atoms with Crippen molar-refractivity contribution < 1.29 is 18.9 Å². The Hall–Kier alpha value is -0.143. The molecule has 0 fully saturated rings. The summed E-state index contributed by atoms with van der Waals surface area (Å²) in [5.41, 5.74) is 3.89. The predicted octanol–water partition coefficient (Wildman–Crippen LogP) is -0.365. The molecule has 0 aromatic heterocycles. The van der Waals surface area contributed by atoms with Gasteiger partial charge in [0.25, 0.3) is 0 Å². The van der Waals surface area contributed by atoms with Crippen molar-refractivity contribution in [2.75, 3.05) is 0 Å². The van der Waals surface area contributed by atoms with Crippen molar-refractivity contribution in [1.82, 2.24) is 0 Å². The summed E-state index contributed by atoms with van der Waals surface area (Å²) < 4.78 is 0. The fourth-order valence-corrected chi connectivity index (χ4v) is 1.10. The van der Waals surface area contributed by atoms with Crippen LogP contribution in [0.2, 0.25) is 0 Å². The Morgan fingerprint density at radius 3 is 2.80 bits per heavy atom. The fourth-order valence-electron chi connectivity index (χ4n) is 1.10. The van der Waals surface area contributed by atoms with Gasteiger partial charge in [-0.25, -0.2) is 6.58 Å². The molecule has 0 spiro atoms. The SMILES string of the molecule is [CH-]=C=CC1=CCCCC1.[Li+]. The maximum absolute atomic E-state index is 5.11. The second kappa shape index (κ2) is 5.63. The molecule has 1 aliphatic rings. The molecule has 0 aliphatic heterocycles. The van der Waals surface area contributed by atoms with E-state index in [0.717, 1.165) is 0 Å². The largest absolute Gasteiger partial charge is 1.00 e. The van der Waals surface area contributed by atoms with E-state index in [2.05, 4.69) is 11.8 Å². The van der Waals surface area contributed by atoms with Crippen LogP contribution in [0.4, 0.5) is 0 Å². The number of allylic oxidation sites excluding steroid dienone is 3. The van der Waals surface area contributed by atoms with E-state index in [1.807, 2.05) is 6.08 Å². The average molecular weight is 126 g/mol. The van der Waals surface area contributed by atoms with Crippen molar-refractivity contribution in [1.29, 1.82) is 0 Å². The summed E-state index contributed by atoms with van der Waals surface area (Å²) in [5.74, 6) is 0. The topological polar surface area (TPSA) is 0 Å². The quantitative estimate of drug-likeness (QED) is 0.255. The summed E-state index contributed by atoms with van der Waals surface area (Å²) in [6, 6.07) is 0. The van der Waals surface area contributed by atoms with Crippen molar-refractivity contribution in [2.45, 2.75) is 25.7 Å². The third-order valence-corrected chi connectivity index (χ3v) is 1.59. The summed E-state index contributed by atoms with van der Waals surface area (Å²) >= 11 is 0. The molecular weight excluding hydrogens is 115 g/mol. The first-order valence-electron chi connectivity index (χ1n) is 3.42. The zero-order valence-corrected chi connectivity index (χ0v) is 6.56. The fraction of sp³-hybridized carbons (Fsp3) is 0.444. The summed E-state index contributed by atoms with van der Waals surface area (Å²) in [6.07, 6.45) is 9.16. The van der Waals surface area contributed by atoms with E-state index in [0.29, 0.717) is 0 Å². The zero-order valence-electron chi connectivity index (χ0n) is 6.56. The van der Waals surface area contributed by atoms with Gasteiger partial charge >= 0.3 is 18.9 Å². The van der Waals surface area contributed by atoms with Gasteiger partial charge in [0.2, 0.25) is 0 Å². The van der Waals surface area contributed by atoms with E-state index in [1.165, 1.54) is 31.3 Å². The molecule has 0 aromatic rings. The van der Waals surface area contributed by atoms with Crippen molar-refractivity contribution in [3.8, 4) is 0 Å². The molecule has 0 saturated heterocycles. The smallest absolute Gasteiger partial charge is 0.335 e. The third kappa shape index (κ3) is 3.13. The molecule has 48 valence electrons. The monoisotopic (exact) mass is 126 g/mol. The van der Waals surface area contributed by atoms with Crippen LogP contribution in [-0.4, -0.2) is 0 Å². The van der Waals surface area contributed by atoms with Crippen LogP contribution in [0.15, 0.2) is 23.5 Å². The van der Waals surface area contributed by atoms with Crippen LogP contribution < -0.4 is 18.9 Å². The van der Waals surface area contributed by atoms with Gasteiger partial charge in [0.05, 0.1) is 0 Å². The molecule has 0 amide bonds. The molecule has 0 saturated carbocycles. The van der Waals surface area contributed by atoms with Crippen LogP contribution in [0.1, 0.15) is 25.7 Å². The number of hydrogen-bond donors (Lipinski definition) is 0.